The molecule has 3 atom stereocenters. The van der Waals surface area contributed by atoms with Crippen LogP contribution in [0.5, 0.6) is 0 Å². The molecular formula is C14H21NO5. The van der Waals surface area contributed by atoms with Crippen molar-refractivity contribution >= 4 is 12.1 Å². The highest BCUT2D eigenvalue weighted by molar-refractivity contribution is 5.67. The lowest BCUT2D eigenvalue weighted by molar-refractivity contribution is -0.179. The SMILES string of the molecule is COC(=O)N(C)CC12C=CC(C)(CC(OC(C)=O)C1)O2. The third kappa shape index (κ3) is 2.95. The fourth-order valence-electron chi connectivity index (χ4n) is 3.08. The second-order valence-electron chi connectivity index (χ2n) is 5.78. The van der Waals surface area contributed by atoms with Gasteiger partial charge >= 0.3 is 12.1 Å². The van der Waals surface area contributed by atoms with Gasteiger partial charge in [-0.2, -0.15) is 0 Å². The number of methoxy groups -OCH3 is 1. The summed E-state index contributed by atoms with van der Waals surface area (Å²) in [6.45, 7) is 3.73. The molecule has 6 heteroatoms. The quantitative estimate of drug-likeness (QED) is 0.580. The first-order valence-corrected chi connectivity index (χ1v) is 6.64. The number of esters is 1. The summed E-state index contributed by atoms with van der Waals surface area (Å²) in [5.74, 6) is -0.295. The van der Waals surface area contributed by atoms with E-state index in [1.165, 1.54) is 18.9 Å². The number of likely N-dealkylation sites (N-methyl/N-ethyl adjacent to an activating group) is 1. The van der Waals surface area contributed by atoms with Gasteiger partial charge in [0.25, 0.3) is 0 Å². The molecule has 2 heterocycles. The number of hydrogen-bond donors (Lipinski definition) is 0. The number of amides is 1. The predicted octanol–water partition coefficient (Wildman–Crippen LogP) is 1.49. The van der Waals surface area contributed by atoms with Gasteiger partial charge in [0.15, 0.2) is 0 Å². The van der Waals surface area contributed by atoms with Crippen LogP contribution in [0.25, 0.3) is 0 Å². The molecule has 0 aliphatic carbocycles. The molecule has 0 spiro atoms. The molecule has 1 amide bonds. The minimum atomic E-state index is -0.615. The molecular weight excluding hydrogens is 262 g/mol. The Balaban J connectivity index is 2.11. The lowest BCUT2D eigenvalue weighted by Crippen LogP contribution is -2.52. The minimum absolute atomic E-state index is 0.202. The van der Waals surface area contributed by atoms with Crippen LogP contribution in [-0.2, 0) is 19.0 Å². The Morgan fingerprint density at radius 3 is 2.70 bits per heavy atom. The fourth-order valence-corrected chi connectivity index (χ4v) is 3.08. The Morgan fingerprint density at radius 1 is 1.40 bits per heavy atom. The minimum Gasteiger partial charge on any atom is -0.462 e. The van der Waals surface area contributed by atoms with Crippen molar-refractivity contribution in [2.24, 2.45) is 0 Å². The predicted molar refractivity (Wildman–Crippen MR) is 71.2 cm³/mol. The van der Waals surface area contributed by atoms with Crippen molar-refractivity contribution in [3.05, 3.63) is 12.2 Å². The van der Waals surface area contributed by atoms with Crippen LogP contribution in [0.15, 0.2) is 12.2 Å². The van der Waals surface area contributed by atoms with E-state index in [-0.39, 0.29) is 12.1 Å². The van der Waals surface area contributed by atoms with Gasteiger partial charge in [-0.25, -0.2) is 4.79 Å². The first kappa shape index (κ1) is 14.8. The van der Waals surface area contributed by atoms with Gasteiger partial charge in [-0.05, 0) is 6.92 Å². The molecule has 20 heavy (non-hydrogen) atoms. The van der Waals surface area contributed by atoms with E-state index in [4.69, 9.17) is 14.2 Å². The van der Waals surface area contributed by atoms with Crippen LogP contribution in [0.2, 0.25) is 0 Å². The van der Waals surface area contributed by atoms with Gasteiger partial charge in [-0.3, -0.25) is 4.79 Å². The molecule has 6 nitrogen and oxygen atoms in total. The number of nitrogens with zero attached hydrogens (tertiary/aromatic N) is 1. The van der Waals surface area contributed by atoms with Gasteiger partial charge < -0.3 is 19.1 Å². The van der Waals surface area contributed by atoms with E-state index in [9.17, 15) is 9.59 Å². The third-order valence-corrected chi connectivity index (χ3v) is 3.71. The summed E-state index contributed by atoms with van der Waals surface area (Å²) >= 11 is 0. The normalized spacial score (nSPS) is 34.7. The maximum atomic E-state index is 11.5. The number of hydrogen-bond acceptors (Lipinski definition) is 5. The molecule has 3 unspecified atom stereocenters. The molecule has 0 aromatic heterocycles. The Kier molecular flexibility index (Phi) is 3.77. The average Bonchev–Trinajstić information content (AvgIpc) is 2.57. The molecule has 2 rings (SSSR count). The van der Waals surface area contributed by atoms with E-state index in [1.807, 2.05) is 19.1 Å². The monoisotopic (exact) mass is 283 g/mol. The van der Waals surface area contributed by atoms with Gasteiger partial charge in [-0.1, -0.05) is 12.2 Å². The molecule has 1 fully saturated rings. The maximum Gasteiger partial charge on any atom is 0.409 e. The van der Waals surface area contributed by atoms with E-state index in [1.54, 1.807) is 7.05 Å². The van der Waals surface area contributed by atoms with Crippen LogP contribution in [-0.4, -0.2) is 55.0 Å². The highest BCUT2D eigenvalue weighted by Crippen LogP contribution is 2.44. The summed E-state index contributed by atoms with van der Waals surface area (Å²) in [4.78, 5) is 24.2. The van der Waals surface area contributed by atoms with Crippen LogP contribution in [0.1, 0.15) is 26.7 Å². The van der Waals surface area contributed by atoms with Crippen LogP contribution in [0.3, 0.4) is 0 Å². The fraction of sp³-hybridized carbons (Fsp3) is 0.714. The molecule has 0 saturated carbocycles. The Labute approximate surface area is 118 Å². The zero-order valence-electron chi connectivity index (χ0n) is 12.3. The summed E-state index contributed by atoms with van der Waals surface area (Å²) in [7, 11) is 3.00. The van der Waals surface area contributed by atoms with E-state index in [2.05, 4.69) is 0 Å². The number of rotatable bonds is 3. The van der Waals surface area contributed by atoms with E-state index >= 15 is 0 Å². The summed E-state index contributed by atoms with van der Waals surface area (Å²) < 4.78 is 16.1. The molecule has 0 radical (unpaired) electrons. The first-order valence-electron chi connectivity index (χ1n) is 6.64. The maximum absolute atomic E-state index is 11.5. The molecule has 2 bridgehead atoms. The smallest absolute Gasteiger partial charge is 0.409 e. The van der Waals surface area contributed by atoms with Crippen molar-refractivity contribution in [1.82, 2.24) is 4.90 Å². The molecule has 2 aliphatic heterocycles. The lowest BCUT2D eigenvalue weighted by Gasteiger charge is -2.43. The zero-order valence-corrected chi connectivity index (χ0v) is 12.3. The standard InChI is InChI=1S/C14H21NO5/c1-10(16)19-11-7-13(2)5-6-14(8-11,20-13)9-15(3)12(17)18-4/h5-6,11H,7-9H2,1-4H3. The van der Waals surface area contributed by atoms with Crippen LogP contribution >= 0.6 is 0 Å². The second kappa shape index (κ2) is 5.09. The van der Waals surface area contributed by atoms with Crippen molar-refractivity contribution in [3.63, 3.8) is 0 Å². The van der Waals surface area contributed by atoms with Gasteiger partial charge in [0.1, 0.15) is 11.7 Å². The van der Waals surface area contributed by atoms with Gasteiger partial charge in [0, 0.05) is 26.8 Å². The van der Waals surface area contributed by atoms with E-state index in [0.29, 0.717) is 19.4 Å². The van der Waals surface area contributed by atoms with E-state index < -0.39 is 17.3 Å². The number of carbonyl (C=O) groups excluding carboxylic acids is 2. The highest BCUT2D eigenvalue weighted by Gasteiger charge is 2.51. The van der Waals surface area contributed by atoms with Gasteiger partial charge in [0.05, 0.1) is 19.3 Å². The lowest BCUT2D eigenvalue weighted by atomic mass is 9.89. The van der Waals surface area contributed by atoms with Crippen molar-refractivity contribution in [3.8, 4) is 0 Å². The zero-order chi connectivity index (χ0) is 15.0. The van der Waals surface area contributed by atoms with E-state index in [0.717, 1.165) is 0 Å². The highest BCUT2D eigenvalue weighted by atomic mass is 16.6. The molecule has 1 saturated heterocycles. The summed E-state index contributed by atoms with van der Waals surface area (Å²) in [6.07, 6.45) is 4.51. The summed E-state index contributed by atoms with van der Waals surface area (Å²) in [5, 5.41) is 0. The number of fused-ring (bicyclic) bond motifs is 2. The molecule has 112 valence electrons. The average molecular weight is 283 g/mol. The van der Waals surface area contributed by atoms with Crippen LogP contribution in [0, 0.1) is 0 Å². The van der Waals surface area contributed by atoms with Crippen molar-refractivity contribution in [2.75, 3.05) is 20.7 Å². The summed E-state index contributed by atoms with van der Waals surface area (Å²) in [6, 6.07) is 0. The Morgan fingerprint density at radius 2 is 2.10 bits per heavy atom. The third-order valence-electron chi connectivity index (χ3n) is 3.71. The molecule has 0 aromatic carbocycles. The topological polar surface area (TPSA) is 65.1 Å². The molecule has 0 N–H and O–H groups in total. The van der Waals surface area contributed by atoms with Crippen molar-refractivity contribution in [1.29, 1.82) is 0 Å². The molecule has 2 aliphatic rings. The number of ether oxygens (including phenoxy) is 3. The second-order valence-corrected chi connectivity index (χ2v) is 5.78. The Bertz CT molecular complexity index is 449. The first-order chi connectivity index (χ1) is 9.27. The van der Waals surface area contributed by atoms with Crippen molar-refractivity contribution in [2.45, 2.75) is 44.0 Å². The summed E-state index contributed by atoms with van der Waals surface area (Å²) in [5.41, 5.74) is -1.06. The van der Waals surface area contributed by atoms with Crippen LogP contribution in [0.4, 0.5) is 4.79 Å². The largest absolute Gasteiger partial charge is 0.462 e. The van der Waals surface area contributed by atoms with Gasteiger partial charge in [-0.15, -0.1) is 0 Å². The van der Waals surface area contributed by atoms with Crippen molar-refractivity contribution < 1.29 is 23.8 Å². The van der Waals surface area contributed by atoms with Gasteiger partial charge in [0.2, 0.25) is 0 Å². The van der Waals surface area contributed by atoms with Crippen LogP contribution < -0.4 is 0 Å². The number of carbonyl (C=O) groups is 2. The Hall–Kier alpha value is -1.56. The molecule has 0 aromatic rings.